The first-order valence-electron chi connectivity index (χ1n) is 11.2. The Hall–Kier alpha value is -1.00. The van der Waals surface area contributed by atoms with E-state index in [0.29, 0.717) is 6.04 Å². The molecular weight excluding hydrogens is 521 g/mol. The normalized spacial score (nSPS) is 24.8. The zero-order chi connectivity index (χ0) is 21.3. The molecule has 0 spiro atoms. The van der Waals surface area contributed by atoms with Crippen LogP contribution in [0.4, 0.5) is 0 Å². The third-order valence-corrected chi connectivity index (χ3v) is 7.38. The number of carbonyl (C=O) groups is 1. The lowest BCUT2D eigenvalue weighted by Crippen LogP contribution is -2.45. The summed E-state index contributed by atoms with van der Waals surface area (Å²) in [5, 5.41) is 7.84. The van der Waals surface area contributed by atoms with Gasteiger partial charge >= 0.3 is 0 Å². The molecule has 31 heavy (non-hydrogen) atoms. The Labute approximate surface area is 208 Å². The summed E-state index contributed by atoms with van der Waals surface area (Å²) in [7, 11) is 1.84. The Morgan fingerprint density at radius 1 is 1.26 bits per heavy atom. The highest BCUT2D eigenvalue weighted by molar-refractivity contribution is 14.0. The van der Waals surface area contributed by atoms with E-state index in [2.05, 4.69) is 51.0 Å². The second-order valence-electron chi connectivity index (χ2n) is 8.59. The van der Waals surface area contributed by atoms with Gasteiger partial charge in [-0.3, -0.25) is 14.7 Å². The highest BCUT2D eigenvalue weighted by Gasteiger charge is 2.24. The molecule has 1 aromatic carbocycles. The van der Waals surface area contributed by atoms with E-state index < -0.39 is 0 Å². The molecule has 1 aliphatic heterocycles. The summed E-state index contributed by atoms with van der Waals surface area (Å²) in [4.78, 5) is 18.3. The van der Waals surface area contributed by atoms with Crippen LogP contribution in [0.15, 0.2) is 29.3 Å². The molecule has 2 fully saturated rings. The Bertz CT molecular complexity index is 732. The first-order valence-corrected chi connectivity index (χ1v) is 12.5. The fourth-order valence-electron chi connectivity index (χ4n) is 4.59. The second kappa shape index (κ2) is 13.5. The van der Waals surface area contributed by atoms with Crippen molar-refractivity contribution in [2.24, 2.45) is 16.6 Å². The quantitative estimate of drug-likeness (QED) is 0.271. The van der Waals surface area contributed by atoms with Crippen LogP contribution < -0.4 is 16.4 Å². The van der Waals surface area contributed by atoms with Crippen LogP contribution in [-0.4, -0.2) is 54.5 Å². The summed E-state index contributed by atoms with van der Waals surface area (Å²) >= 11 is 1.98. The van der Waals surface area contributed by atoms with Crippen molar-refractivity contribution in [3.05, 3.63) is 35.4 Å². The van der Waals surface area contributed by atoms with Gasteiger partial charge in [0, 0.05) is 38.0 Å². The van der Waals surface area contributed by atoms with Gasteiger partial charge in [-0.15, -0.1) is 24.0 Å². The molecule has 0 aromatic heterocycles. The van der Waals surface area contributed by atoms with Gasteiger partial charge in [-0.05, 0) is 56.0 Å². The minimum atomic E-state index is -0.168. The summed E-state index contributed by atoms with van der Waals surface area (Å²) in [6.45, 7) is 3.41. The van der Waals surface area contributed by atoms with Crippen LogP contribution in [0.2, 0.25) is 0 Å². The number of nitrogens with two attached hydrogens (primary N) is 1. The van der Waals surface area contributed by atoms with E-state index in [4.69, 9.17) is 5.73 Å². The number of carbonyl (C=O) groups excluding carboxylic acids is 1. The van der Waals surface area contributed by atoms with Gasteiger partial charge in [0.2, 0.25) is 5.91 Å². The smallest absolute Gasteiger partial charge is 0.221 e. The molecule has 0 radical (unpaired) electrons. The van der Waals surface area contributed by atoms with E-state index in [1.54, 1.807) is 0 Å². The molecule has 4 N–H and O–H groups in total. The zero-order valence-electron chi connectivity index (χ0n) is 18.8. The van der Waals surface area contributed by atoms with Crippen molar-refractivity contribution in [3.63, 3.8) is 0 Å². The standard InChI is InChI=1S/C23H37N5OS.HI/c1-25-23(27-20-9-4-10-21(13-20)30-2)26-14-17-6-3-7-18(12-17)15-28-11-5-8-19(16-28)22(24)29;/h3,6-7,12,19-21H,4-5,8-11,13-16H2,1-2H3,(H2,24,29)(H2,25,26,27);1H. The van der Waals surface area contributed by atoms with E-state index in [9.17, 15) is 4.79 Å². The molecule has 3 atom stereocenters. The van der Waals surface area contributed by atoms with Gasteiger partial charge in [0.05, 0.1) is 5.92 Å². The second-order valence-corrected chi connectivity index (χ2v) is 9.73. The molecule has 3 rings (SSSR count). The van der Waals surface area contributed by atoms with Crippen LogP contribution in [0, 0.1) is 5.92 Å². The molecule has 1 heterocycles. The largest absolute Gasteiger partial charge is 0.369 e. The number of aliphatic imine (C=N–C) groups is 1. The number of likely N-dealkylation sites (tertiary alicyclic amines) is 1. The Balaban J connectivity index is 0.00000341. The summed E-state index contributed by atoms with van der Waals surface area (Å²) < 4.78 is 0. The predicted molar refractivity (Wildman–Crippen MR) is 142 cm³/mol. The van der Waals surface area contributed by atoms with E-state index in [1.165, 1.54) is 36.8 Å². The van der Waals surface area contributed by atoms with Crippen molar-refractivity contribution in [3.8, 4) is 0 Å². The lowest BCUT2D eigenvalue weighted by atomic mass is 9.95. The van der Waals surface area contributed by atoms with Crippen LogP contribution in [0.5, 0.6) is 0 Å². The molecule has 1 aliphatic carbocycles. The monoisotopic (exact) mass is 559 g/mol. The fourth-order valence-corrected chi connectivity index (χ4v) is 5.42. The van der Waals surface area contributed by atoms with Crippen LogP contribution in [0.3, 0.4) is 0 Å². The van der Waals surface area contributed by atoms with Crippen LogP contribution in [0.1, 0.15) is 49.7 Å². The molecule has 3 unspecified atom stereocenters. The molecule has 1 saturated heterocycles. The lowest BCUT2D eigenvalue weighted by Gasteiger charge is -2.31. The van der Waals surface area contributed by atoms with Gasteiger partial charge in [-0.25, -0.2) is 0 Å². The Morgan fingerprint density at radius 3 is 2.81 bits per heavy atom. The number of nitrogens with zero attached hydrogens (tertiary/aromatic N) is 2. The number of halogens is 1. The number of rotatable bonds is 7. The molecule has 1 aromatic rings. The maximum Gasteiger partial charge on any atom is 0.221 e. The van der Waals surface area contributed by atoms with Gasteiger partial charge in [0.1, 0.15) is 0 Å². The van der Waals surface area contributed by atoms with Crippen LogP contribution in [0.25, 0.3) is 0 Å². The van der Waals surface area contributed by atoms with Crippen molar-refractivity contribution in [1.29, 1.82) is 0 Å². The number of guanidine groups is 1. The van der Waals surface area contributed by atoms with E-state index in [1.807, 2.05) is 18.8 Å². The van der Waals surface area contributed by atoms with Crippen LogP contribution in [-0.2, 0) is 17.9 Å². The third kappa shape index (κ3) is 8.46. The molecule has 2 aliphatic rings. The summed E-state index contributed by atoms with van der Waals surface area (Å²) in [6.07, 6.45) is 9.21. The van der Waals surface area contributed by atoms with E-state index in [-0.39, 0.29) is 35.8 Å². The average Bonchev–Trinajstić information content (AvgIpc) is 2.77. The van der Waals surface area contributed by atoms with Gasteiger partial charge in [0.15, 0.2) is 5.96 Å². The maximum absolute atomic E-state index is 11.5. The number of thioether (sulfide) groups is 1. The Kier molecular flexibility index (Phi) is 11.5. The highest BCUT2D eigenvalue weighted by atomic mass is 127. The maximum atomic E-state index is 11.5. The number of nitrogens with one attached hydrogen (secondary N) is 2. The van der Waals surface area contributed by atoms with Gasteiger partial charge in [-0.2, -0.15) is 11.8 Å². The van der Waals surface area contributed by atoms with Crippen molar-refractivity contribution >= 4 is 47.6 Å². The predicted octanol–water partition coefficient (Wildman–Crippen LogP) is 3.34. The zero-order valence-corrected chi connectivity index (χ0v) is 22.0. The van der Waals surface area contributed by atoms with Crippen molar-refractivity contribution in [2.75, 3.05) is 26.4 Å². The average molecular weight is 560 g/mol. The molecule has 1 amide bonds. The summed E-state index contributed by atoms with van der Waals surface area (Å²) in [5.41, 5.74) is 8.03. The molecular formula is C23H38IN5OS. The van der Waals surface area contributed by atoms with Crippen molar-refractivity contribution < 1.29 is 4.79 Å². The summed E-state index contributed by atoms with van der Waals surface area (Å²) in [6, 6.07) is 9.18. The third-order valence-electron chi connectivity index (χ3n) is 6.29. The number of amides is 1. The lowest BCUT2D eigenvalue weighted by molar-refractivity contribution is -0.123. The minimum absolute atomic E-state index is 0. The first-order chi connectivity index (χ1) is 14.6. The van der Waals surface area contributed by atoms with E-state index in [0.717, 1.165) is 50.2 Å². The SMILES string of the molecule is CN=C(NCc1cccc(CN2CCCC(C(N)=O)C2)c1)NC1CCCC(SC)C1.I. The number of hydrogen-bond donors (Lipinski definition) is 3. The van der Waals surface area contributed by atoms with Gasteiger partial charge < -0.3 is 16.4 Å². The first kappa shape index (κ1) is 26.3. The van der Waals surface area contributed by atoms with Gasteiger partial charge in [-0.1, -0.05) is 30.7 Å². The number of benzene rings is 1. The highest BCUT2D eigenvalue weighted by Crippen LogP contribution is 2.26. The number of piperidine rings is 1. The molecule has 1 saturated carbocycles. The number of primary amides is 1. The van der Waals surface area contributed by atoms with Crippen molar-refractivity contribution in [2.45, 2.75) is 62.9 Å². The number of hydrogen-bond acceptors (Lipinski definition) is 4. The van der Waals surface area contributed by atoms with Crippen LogP contribution >= 0.6 is 35.7 Å². The summed E-state index contributed by atoms with van der Waals surface area (Å²) in [5.74, 6) is 0.703. The van der Waals surface area contributed by atoms with Gasteiger partial charge in [0.25, 0.3) is 0 Å². The topological polar surface area (TPSA) is 82.8 Å². The molecule has 8 heteroatoms. The molecule has 0 bridgehead atoms. The van der Waals surface area contributed by atoms with E-state index >= 15 is 0 Å². The fraction of sp³-hybridized carbons (Fsp3) is 0.652. The molecule has 6 nitrogen and oxygen atoms in total. The minimum Gasteiger partial charge on any atom is -0.369 e. The molecule has 174 valence electrons. The Morgan fingerprint density at radius 2 is 2.06 bits per heavy atom. The van der Waals surface area contributed by atoms with Crippen molar-refractivity contribution in [1.82, 2.24) is 15.5 Å².